The lowest BCUT2D eigenvalue weighted by atomic mass is 9.99. The summed E-state index contributed by atoms with van der Waals surface area (Å²) in [5, 5.41) is 10.8. The molecule has 1 aromatic heterocycles. The SMILES string of the molecule is COc1cc(C(C(=O)NC(C)(C)C)N2Cc3cnnn3CC2=O)cc(OC)c1OC. The molecule has 10 heteroatoms. The number of ether oxygens (including phenoxy) is 3. The van der Waals surface area contributed by atoms with Gasteiger partial charge in [-0.15, -0.1) is 5.10 Å². The molecule has 0 bridgehead atoms. The van der Waals surface area contributed by atoms with Crippen LogP contribution in [-0.2, 0) is 22.7 Å². The normalized spacial score (nSPS) is 14.7. The molecule has 1 aliphatic rings. The van der Waals surface area contributed by atoms with E-state index < -0.39 is 11.6 Å². The number of nitrogens with one attached hydrogen (secondary N) is 1. The van der Waals surface area contributed by atoms with Gasteiger partial charge in [-0.05, 0) is 38.5 Å². The van der Waals surface area contributed by atoms with Crippen LogP contribution in [0.2, 0.25) is 0 Å². The monoisotopic (exact) mass is 417 g/mol. The molecular weight excluding hydrogens is 390 g/mol. The Balaban J connectivity index is 2.11. The van der Waals surface area contributed by atoms with Crippen LogP contribution in [0.4, 0.5) is 0 Å². The molecule has 10 nitrogen and oxygen atoms in total. The zero-order valence-electron chi connectivity index (χ0n) is 18.1. The molecule has 1 aromatic carbocycles. The zero-order chi connectivity index (χ0) is 22.1. The molecule has 1 unspecified atom stereocenters. The minimum Gasteiger partial charge on any atom is -0.493 e. The lowest BCUT2D eigenvalue weighted by Gasteiger charge is -2.36. The maximum atomic E-state index is 13.4. The highest BCUT2D eigenvalue weighted by atomic mass is 16.5. The van der Waals surface area contributed by atoms with Gasteiger partial charge in [-0.25, -0.2) is 4.68 Å². The summed E-state index contributed by atoms with van der Waals surface area (Å²) in [6.45, 7) is 5.86. The third-order valence-corrected chi connectivity index (χ3v) is 4.70. The number of nitrogens with zero attached hydrogens (tertiary/aromatic N) is 4. The second kappa shape index (κ2) is 8.21. The first-order valence-electron chi connectivity index (χ1n) is 9.47. The highest BCUT2D eigenvalue weighted by Gasteiger charge is 2.37. The number of carbonyl (C=O) groups excluding carboxylic acids is 2. The molecule has 2 aromatic rings. The van der Waals surface area contributed by atoms with Crippen molar-refractivity contribution >= 4 is 11.8 Å². The Bertz CT molecular complexity index is 924. The topological polar surface area (TPSA) is 108 Å². The van der Waals surface area contributed by atoms with Gasteiger partial charge in [0.25, 0.3) is 0 Å². The Morgan fingerprint density at radius 2 is 1.73 bits per heavy atom. The first-order chi connectivity index (χ1) is 14.2. The van der Waals surface area contributed by atoms with Crippen LogP contribution < -0.4 is 19.5 Å². The summed E-state index contributed by atoms with van der Waals surface area (Å²) < 4.78 is 17.8. The molecule has 162 valence electrons. The number of rotatable bonds is 6. The van der Waals surface area contributed by atoms with Crippen molar-refractivity contribution in [3.63, 3.8) is 0 Å². The van der Waals surface area contributed by atoms with Crippen LogP contribution in [0.25, 0.3) is 0 Å². The number of carbonyl (C=O) groups is 2. The van der Waals surface area contributed by atoms with Gasteiger partial charge in [0.05, 0.1) is 39.8 Å². The molecule has 1 aliphatic heterocycles. The lowest BCUT2D eigenvalue weighted by molar-refractivity contribution is -0.144. The summed E-state index contributed by atoms with van der Waals surface area (Å²) in [7, 11) is 4.51. The predicted octanol–water partition coefficient (Wildman–Crippen LogP) is 1.30. The van der Waals surface area contributed by atoms with Crippen molar-refractivity contribution < 1.29 is 23.8 Å². The first kappa shape index (κ1) is 21.4. The van der Waals surface area contributed by atoms with Crippen molar-refractivity contribution in [2.45, 2.75) is 45.4 Å². The molecule has 3 rings (SSSR count). The Morgan fingerprint density at radius 3 is 2.27 bits per heavy atom. The molecule has 0 spiro atoms. The van der Waals surface area contributed by atoms with Gasteiger partial charge in [0, 0.05) is 5.54 Å². The Kier molecular flexibility index (Phi) is 5.86. The van der Waals surface area contributed by atoms with Gasteiger partial charge < -0.3 is 24.4 Å². The van der Waals surface area contributed by atoms with Gasteiger partial charge >= 0.3 is 0 Å². The van der Waals surface area contributed by atoms with Crippen LogP contribution >= 0.6 is 0 Å². The van der Waals surface area contributed by atoms with E-state index in [4.69, 9.17) is 14.2 Å². The van der Waals surface area contributed by atoms with Crippen molar-refractivity contribution in [3.8, 4) is 17.2 Å². The molecule has 2 heterocycles. The number of hydrogen-bond acceptors (Lipinski definition) is 7. The van der Waals surface area contributed by atoms with Gasteiger partial charge in [-0.3, -0.25) is 9.59 Å². The first-order valence-corrected chi connectivity index (χ1v) is 9.47. The number of benzene rings is 1. The van der Waals surface area contributed by atoms with Crippen LogP contribution in [0.5, 0.6) is 17.2 Å². The smallest absolute Gasteiger partial charge is 0.247 e. The third kappa shape index (κ3) is 4.17. The predicted molar refractivity (Wildman–Crippen MR) is 107 cm³/mol. The quantitative estimate of drug-likeness (QED) is 0.755. The zero-order valence-corrected chi connectivity index (χ0v) is 18.1. The Morgan fingerprint density at radius 1 is 1.10 bits per heavy atom. The fourth-order valence-corrected chi connectivity index (χ4v) is 3.42. The number of hydrogen-bond donors (Lipinski definition) is 1. The Labute approximate surface area is 175 Å². The second-order valence-corrected chi connectivity index (χ2v) is 8.01. The lowest BCUT2D eigenvalue weighted by Crippen LogP contribution is -2.51. The minimum absolute atomic E-state index is 0.0130. The Hall–Kier alpha value is -3.30. The van der Waals surface area contributed by atoms with E-state index in [0.717, 1.165) is 5.69 Å². The largest absolute Gasteiger partial charge is 0.493 e. The van der Waals surface area contributed by atoms with Crippen LogP contribution in [0, 0.1) is 0 Å². The van der Waals surface area contributed by atoms with E-state index >= 15 is 0 Å². The summed E-state index contributed by atoms with van der Waals surface area (Å²) >= 11 is 0. The summed E-state index contributed by atoms with van der Waals surface area (Å²) in [6.07, 6.45) is 1.59. The average Bonchev–Trinajstić information content (AvgIpc) is 3.13. The summed E-state index contributed by atoms with van der Waals surface area (Å²) in [5.74, 6) is 0.654. The highest BCUT2D eigenvalue weighted by Crippen LogP contribution is 2.41. The summed E-state index contributed by atoms with van der Waals surface area (Å²) in [4.78, 5) is 27.8. The van der Waals surface area contributed by atoms with Gasteiger partial charge in [-0.1, -0.05) is 5.21 Å². The average molecular weight is 417 g/mol. The molecular formula is C20H27N5O5. The van der Waals surface area contributed by atoms with E-state index in [1.807, 2.05) is 20.8 Å². The molecule has 0 saturated carbocycles. The van der Waals surface area contributed by atoms with E-state index in [1.165, 1.54) is 30.9 Å². The van der Waals surface area contributed by atoms with E-state index in [9.17, 15) is 9.59 Å². The van der Waals surface area contributed by atoms with Gasteiger partial charge in [0.1, 0.15) is 12.6 Å². The van der Waals surface area contributed by atoms with E-state index in [1.54, 1.807) is 18.3 Å². The fourth-order valence-electron chi connectivity index (χ4n) is 3.42. The van der Waals surface area contributed by atoms with Gasteiger partial charge in [0.2, 0.25) is 17.6 Å². The van der Waals surface area contributed by atoms with Crippen LogP contribution in [0.3, 0.4) is 0 Å². The standard InChI is InChI=1S/C20H27N5O5/c1-20(2,3)22-19(27)17(24-10-13-9-21-23-25(13)11-16(24)26)12-7-14(28-4)18(30-6)15(8-12)29-5/h7-9,17H,10-11H2,1-6H3,(H,22,27). The molecule has 0 radical (unpaired) electrons. The molecule has 30 heavy (non-hydrogen) atoms. The van der Waals surface area contributed by atoms with Crippen molar-refractivity contribution in [1.82, 2.24) is 25.2 Å². The molecule has 1 N–H and O–H groups in total. The maximum absolute atomic E-state index is 13.4. The van der Waals surface area contributed by atoms with Gasteiger partial charge in [0.15, 0.2) is 11.5 Å². The van der Waals surface area contributed by atoms with Gasteiger partial charge in [-0.2, -0.15) is 0 Å². The molecule has 0 saturated heterocycles. The maximum Gasteiger partial charge on any atom is 0.247 e. The number of aromatic nitrogens is 3. The van der Waals surface area contributed by atoms with E-state index in [0.29, 0.717) is 22.8 Å². The molecule has 1 atom stereocenters. The number of fused-ring (bicyclic) bond motifs is 1. The molecule has 0 aliphatic carbocycles. The van der Waals surface area contributed by atoms with Crippen LogP contribution in [0.1, 0.15) is 38.1 Å². The highest BCUT2D eigenvalue weighted by molar-refractivity contribution is 5.89. The third-order valence-electron chi connectivity index (χ3n) is 4.70. The summed E-state index contributed by atoms with van der Waals surface area (Å²) in [5.41, 5.74) is 0.800. The van der Waals surface area contributed by atoms with E-state index in [-0.39, 0.29) is 24.9 Å². The molecule has 0 fully saturated rings. The van der Waals surface area contributed by atoms with Crippen molar-refractivity contribution in [1.29, 1.82) is 0 Å². The van der Waals surface area contributed by atoms with Crippen molar-refractivity contribution in [2.24, 2.45) is 0 Å². The number of amides is 2. The minimum atomic E-state index is -0.908. The number of methoxy groups -OCH3 is 3. The fraction of sp³-hybridized carbons (Fsp3) is 0.500. The van der Waals surface area contributed by atoms with Crippen molar-refractivity contribution in [3.05, 3.63) is 29.6 Å². The van der Waals surface area contributed by atoms with Crippen LogP contribution in [0.15, 0.2) is 18.3 Å². The van der Waals surface area contributed by atoms with Crippen LogP contribution in [-0.4, -0.2) is 58.6 Å². The molecule has 2 amide bonds. The second-order valence-electron chi connectivity index (χ2n) is 8.01. The van der Waals surface area contributed by atoms with Crippen molar-refractivity contribution in [2.75, 3.05) is 21.3 Å². The summed E-state index contributed by atoms with van der Waals surface area (Å²) in [6, 6.07) is 2.46. The van der Waals surface area contributed by atoms with E-state index in [2.05, 4.69) is 15.6 Å².